The van der Waals surface area contributed by atoms with Gasteiger partial charge in [0.2, 0.25) is 0 Å². The van der Waals surface area contributed by atoms with Gasteiger partial charge in [0.15, 0.2) is 0 Å². The first kappa shape index (κ1) is 13.4. The molecule has 2 heteroatoms. The van der Waals surface area contributed by atoms with Crippen molar-refractivity contribution in [2.45, 2.75) is 59.2 Å². The van der Waals surface area contributed by atoms with Crippen LogP contribution in [0.4, 0.5) is 0 Å². The fourth-order valence-electron chi connectivity index (χ4n) is 2.32. The molecule has 2 atom stereocenters. The Bertz CT molecular complexity index is 431. The van der Waals surface area contributed by atoms with E-state index in [1.807, 2.05) is 6.07 Å². The van der Waals surface area contributed by atoms with Gasteiger partial charge < -0.3 is 10.1 Å². The van der Waals surface area contributed by atoms with Crippen LogP contribution < -0.4 is 10.1 Å². The first-order valence-electron chi connectivity index (χ1n) is 6.76. The topological polar surface area (TPSA) is 21.3 Å². The highest BCUT2D eigenvalue weighted by Crippen LogP contribution is 2.43. The molecule has 0 spiro atoms. The third-order valence-corrected chi connectivity index (χ3v) is 4.01. The van der Waals surface area contributed by atoms with E-state index in [-0.39, 0.29) is 17.1 Å². The van der Waals surface area contributed by atoms with Crippen molar-refractivity contribution < 1.29 is 4.74 Å². The van der Waals surface area contributed by atoms with Crippen molar-refractivity contribution >= 4 is 0 Å². The molecule has 0 radical (unpaired) electrons. The normalized spacial score (nSPS) is 23.3. The predicted molar refractivity (Wildman–Crippen MR) is 75.9 cm³/mol. The third kappa shape index (κ3) is 2.39. The maximum atomic E-state index is 6.06. The van der Waals surface area contributed by atoms with Gasteiger partial charge in [-0.2, -0.15) is 0 Å². The molecule has 0 saturated heterocycles. The van der Waals surface area contributed by atoms with Gasteiger partial charge in [-0.05, 0) is 32.3 Å². The molecule has 1 heterocycles. The maximum absolute atomic E-state index is 6.06. The second-order valence-corrected chi connectivity index (χ2v) is 6.93. The summed E-state index contributed by atoms with van der Waals surface area (Å²) in [6.07, 6.45) is 0. The smallest absolute Gasteiger partial charge is 0.125 e. The zero-order valence-electron chi connectivity index (χ0n) is 12.4. The predicted octanol–water partition coefficient (Wildman–Crippen LogP) is 3.92. The van der Waals surface area contributed by atoms with Crippen LogP contribution in [-0.4, -0.2) is 11.6 Å². The van der Waals surface area contributed by atoms with Crippen molar-refractivity contribution in [2.75, 3.05) is 0 Å². The van der Waals surface area contributed by atoms with Crippen molar-refractivity contribution in [2.24, 2.45) is 5.41 Å². The molecule has 1 aliphatic heterocycles. The van der Waals surface area contributed by atoms with Crippen LogP contribution in [-0.2, 0) is 0 Å². The Morgan fingerprint density at radius 3 is 2.44 bits per heavy atom. The number of nitrogens with one attached hydrogen (secondary N) is 1. The van der Waals surface area contributed by atoms with E-state index in [1.165, 1.54) is 5.56 Å². The molecule has 1 aromatic rings. The van der Waals surface area contributed by atoms with Crippen molar-refractivity contribution in [3.05, 3.63) is 29.8 Å². The van der Waals surface area contributed by atoms with E-state index in [0.717, 1.165) is 5.75 Å². The van der Waals surface area contributed by atoms with Crippen LogP contribution in [0.15, 0.2) is 24.3 Å². The lowest BCUT2D eigenvalue weighted by atomic mass is 9.85. The third-order valence-electron chi connectivity index (χ3n) is 4.01. The fraction of sp³-hybridized carbons (Fsp3) is 0.625. The fourth-order valence-corrected chi connectivity index (χ4v) is 2.32. The molecule has 1 aromatic carbocycles. The Balaban J connectivity index is 2.26. The van der Waals surface area contributed by atoms with Crippen LogP contribution in [0.3, 0.4) is 0 Å². The molecule has 18 heavy (non-hydrogen) atoms. The zero-order chi connectivity index (χ0) is 13.6. The number of para-hydroxylation sites is 1. The van der Waals surface area contributed by atoms with Gasteiger partial charge in [0.25, 0.3) is 0 Å². The summed E-state index contributed by atoms with van der Waals surface area (Å²) in [6, 6.07) is 9.02. The largest absolute Gasteiger partial charge is 0.486 e. The van der Waals surface area contributed by atoms with Crippen LogP contribution in [0.5, 0.6) is 5.75 Å². The summed E-state index contributed by atoms with van der Waals surface area (Å²) in [7, 11) is 0. The number of ether oxygens (including phenoxy) is 1. The first-order valence-corrected chi connectivity index (χ1v) is 6.76. The molecular weight excluding hydrogens is 222 g/mol. The van der Waals surface area contributed by atoms with Crippen LogP contribution >= 0.6 is 0 Å². The van der Waals surface area contributed by atoms with Gasteiger partial charge in [0.1, 0.15) is 11.4 Å². The molecule has 0 bridgehead atoms. The Hall–Kier alpha value is -1.02. The molecule has 0 aliphatic carbocycles. The van der Waals surface area contributed by atoms with E-state index in [9.17, 15) is 0 Å². The maximum Gasteiger partial charge on any atom is 0.125 e. The van der Waals surface area contributed by atoms with Crippen molar-refractivity contribution in [1.29, 1.82) is 0 Å². The summed E-state index contributed by atoms with van der Waals surface area (Å²) in [6.45, 7) is 13.3. The van der Waals surface area contributed by atoms with Gasteiger partial charge in [0.05, 0.1) is 6.04 Å². The Morgan fingerprint density at radius 2 is 1.83 bits per heavy atom. The Morgan fingerprint density at radius 1 is 1.22 bits per heavy atom. The average Bonchev–Trinajstić information content (AvgIpc) is 2.49. The number of benzene rings is 1. The molecule has 2 rings (SSSR count). The highest BCUT2D eigenvalue weighted by atomic mass is 16.5. The minimum atomic E-state index is -0.191. The zero-order valence-corrected chi connectivity index (χ0v) is 12.4. The number of rotatable bonds is 2. The van der Waals surface area contributed by atoms with E-state index in [1.54, 1.807) is 0 Å². The minimum Gasteiger partial charge on any atom is -0.486 e. The van der Waals surface area contributed by atoms with Gasteiger partial charge in [-0.15, -0.1) is 0 Å². The quantitative estimate of drug-likeness (QED) is 0.855. The van der Waals surface area contributed by atoms with Gasteiger partial charge in [-0.3, -0.25) is 0 Å². The van der Waals surface area contributed by atoms with E-state index in [4.69, 9.17) is 4.74 Å². The molecule has 0 fully saturated rings. The second-order valence-electron chi connectivity index (χ2n) is 6.93. The van der Waals surface area contributed by atoms with Crippen molar-refractivity contribution in [1.82, 2.24) is 5.32 Å². The summed E-state index contributed by atoms with van der Waals surface area (Å²) in [5, 5.41) is 3.74. The van der Waals surface area contributed by atoms with E-state index < -0.39 is 0 Å². The summed E-state index contributed by atoms with van der Waals surface area (Å²) in [5.74, 6) is 1.01. The first-order chi connectivity index (χ1) is 8.22. The van der Waals surface area contributed by atoms with Gasteiger partial charge >= 0.3 is 0 Å². The van der Waals surface area contributed by atoms with Gasteiger partial charge in [-0.1, -0.05) is 39.0 Å². The molecule has 1 N–H and O–H groups in total. The molecule has 100 valence electrons. The van der Waals surface area contributed by atoms with E-state index >= 15 is 0 Å². The number of hydrogen-bond acceptors (Lipinski definition) is 2. The average molecular weight is 247 g/mol. The van der Waals surface area contributed by atoms with E-state index in [2.05, 4.69) is 65.1 Å². The number of hydrogen-bond donors (Lipinski definition) is 1. The minimum absolute atomic E-state index is 0.191. The van der Waals surface area contributed by atoms with Crippen molar-refractivity contribution in [3.8, 4) is 5.75 Å². The lowest BCUT2D eigenvalue weighted by molar-refractivity contribution is 0.0825. The SMILES string of the molecule is CC(NC1c2ccccc2OC1(C)C)C(C)(C)C. The molecule has 0 amide bonds. The molecule has 2 nitrogen and oxygen atoms in total. The molecule has 0 saturated carbocycles. The summed E-state index contributed by atoms with van der Waals surface area (Å²) in [5.41, 5.74) is 1.33. The van der Waals surface area contributed by atoms with Gasteiger partial charge in [-0.25, -0.2) is 0 Å². The van der Waals surface area contributed by atoms with Crippen LogP contribution in [0.2, 0.25) is 0 Å². The lowest BCUT2D eigenvalue weighted by Crippen LogP contribution is -2.47. The highest BCUT2D eigenvalue weighted by molar-refractivity contribution is 5.42. The van der Waals surface area contributed by atoms with Crippen LogP contribution in [0, 0.1) is 5.41 Å². The summed E-state index contributed by atoms with van der Waals surface area (Å²) >= 11 is 0. The second kappa shape index (κ2) is 4.27. The lowest BCUT2D eigenvalue weighted by Gasteiger charge is -2.35. The van der Waals surface area contributed by atoms with Crippen LogP contribution in [0.25, 0.3) is 0 Å². The highest BCUT2D eigenvalue weighted by Gasteiger charge is 2.42. The Labute approximate surface area is 111 Å². The molecule has 2 unspecified atom stereocenters. The summed E-state index contributed by atoms with van der Waals surface area (Å²) in [4.78, 5) is 0. The Kier molecular flexibility index (Phi) is 3.18. The van der Waals surface area contributed by atoms with Crippen molar-refractivity contribution in [3.63, 3.8) is 0 Å². The summed E-state index contributed by atoms with van der Waals surface area (Å²) < 4.78 is 6.06. The molecular formula is C16H25NO. The van der Waals surface area contributed by atoms with E-state index in [0.29, 0.717) is 6.04 Å². The number of fused-ring (bicyclic) bond motifs is 1. The van der Waals surface area contributed by atoms with Gasteiger partial charge in [0, 0.05) is 11.6 Å². The molecule has 0 aromatic heterocycles. The standard InChI is InChI=1S/C16H25NO/c1-11(15(2,3)4)17-14-12-9-7-8-10-13(12)18-16(14,5)6/h7-11,14,17H,1-6H3. The monoisotopic (exact) mass is 247 g/mol. The molecule has 1 aliphatic rings. The van der Waals surface area contributed by atoms with Crippen LogP contribution in [0.1, 0.15) is 53.1 Å².